The van der Waals surface area contributed by atoms with E-state index >= 15 is 0 Å². The average Bonchev–Trinajstić information content (AvgIpc) is 1.80. The van der Waals surface area contributed by atoms with Gasteiger partial charge in [0.1, 0.15) is 0 Å². The first kappa shape index (κ1) is 14.4. The van der Waals surface area contributed by atoms with E-state index in [0.717, 1.165) is 0 Å². The van der Waals surface area contributed by atoms with Gasteiger partial charge in [0.05, 0.1) is 5.25 Å². The van der Waals surface area contributed by atoms with E-state index in [9.17, 15) is 8.42 Å². The third kappa shape index (κ3) is 6.03. The van der Waals surface area contributed by atoms with Crippen molar-refractivity contribution < 1.29 is 44.0 Å². The van der Waals surface area contributed by atoms with Crippen LogP contribution in [-0.4, -0.2) is 31.3 Å². The van der Waals surface area contributed by atoms with Gasteiger partial charge in [0.15, 0.2) is 0 Å². The summed E-state index contributed by atoms with van der Waals surface area (Å²) in [7, 11) is -3.98. The fraction of sp³-hybridized carbons (Fsp3) is 1.00. The molecule has 0 saturated heterocycles. The number of hydrogen-bond donors (Lipinski definition) is 3. The number of rotatable bonds is 4. The maximum Gasteiger partial charge on any atom is 1.00 e. The molecule has 1 atom stereocenters. The van der Waals surface area contributed by atoms with Crippen LogP contribution >= 0.6 is 0 Å². The molecule has 0 aromatic rings. The van der Waals surface area contributed by atoms with Gasteiger partial charge >= 0.3 is 29.6 Å². The minimum atomic E-state index is -3.98. The summed E-state index contributed by atoms with van der Waals surface area (Å²) in [4.78, 5) is 0. The molecule has 0 radical (unpaired) electrons. The van der Waals surface area contributed by atoms with Crippen LogP contribution in [0.4, 0.5) is 0 Å². The first-order valence-corrected chi connectivity index (χ1v) is 4.39. The van der Waals surface area contributed by atoms with E-state index in [1.54, 1.807) is 0 Å². The van der Waals surface area contributed by atoms with Crippen LogP contribution in [0.5, 0.6) is 0 Å². The summed E-state index contributed by atoms with van der Waals surface area (Å²) in [6, 6.07) is 0. The van der Waals surface area contributed by atoms with Crippen molar-refractivity contribution >= 4 is 10.1 Å². The molecule has 0 aliphatic carbocycles. The maximum absolute atomic E-state index is 10.4. The van der Waals surface area contributed by atoms with Crippen molar-refractivity contribution in [3.63, 3.8) is 0 Å². The van der Waals surface area contributed by atoms with Crippen molar-refractivity contribution in [2.75, 3.05) is 13.1 Å². The standard InChI is InChI=1S/C4H12N2O3S.Na.H/c5-2-1-4(3-6)10(7,8)9;;/h4H,1-3,5-6H2,(H,7,8,9);;/q;+1;-1. The second kappa shape index (κ2) is 6.36. The van der Waals surface area contributed by atoms with Crippen molar-refractivity contribution in [3.8, 4) is 0 Å². The van der Waals surface area contributed by atoms with Crippen LogP contribution in [0.1, 0.15) is 7.85 Å². The van der Waals surface area contributed by atoms with Gasteiger partial charge in [-0.3, -0.25) is 4.55 Å². The van der Waals surface area contributed by atoms with Crippen LogP contribution in [-0.2, 0) is 10.1 Å². The normalized spacial score (nSPS) is 13.7. The smallest absolute Gasteiger partial charge is 1.00 e. The van der Waals surface area contributed by atoms with Gasteiger partial charge < -0.3 is 12.9 Å². The van der Waals surface area contributed by atoms with E-state index in [1.807, 2.05) is 0 Å². The van der Waals surface area contributed by atoms with Crippen molar-refractivity contribution in [1.82, 2.24) is 0 Å². The van der Waals surface area contributed by atoms with Gasteiger partial charge in [-0.25, -0.2) is 0 Å². The van der Waals surface area contributed by atoms with Crippen LogP contribution in [0.2, 0.25) is 0 Å². The van der Waals surface area contributed by atoms with Gasteiger partial charge in [-0.05, 0) is 13.0 Å². The molecule has 5 nitrogen and oxygen atoms in total. The molecular formula is C4H13N2NaO3S. The molecule has 0 bridgehead atoms. The molecule has 64 valence electrons. The van der Waals surface area contributed by atoms with Gasteiger partial charge in [0.25, 0.3) is 10.1 Å². The van der Waals surface area contributed by atoms with E-state index < -0.39 is 15.4 Å². The van der Waals surface area contributed by atoms with Gasteiger partial charge in [0.2, 0.25) is 0 Å². The van der Waals surface area contributed by atoms with Crippen LogP contribution in [0, 0.1) is 0 Å². The quantitative estimate of drug-likeness (QED) is 0.308. The molecule has 0 amide bonds. The predicted molar refractivity (Wildman–Crippen MR) is 39.2 cm³/mol. The summed E-state index contributed by atoms with van der Waals surface area (Å²) in [5.41, 5.74) is 10.1. The Kier molecular flexibility index (Phi) is 8.30. The van der Waals surface area contributed by atoms with E-state index in [-0.39, 0.29) is 50.5 Å². The minimum Gasteiger partial charge on any atom is -1.00 e. The monoisotopic (exact) mass is 192 g/mol. The van der Waals surface area contributed by atoms with E-state index in [1.165, 1.54) is 0 Å². The second-order valence-electron chi connectivity index (χ2n) is 1.95. The predicted octanol–water partition coefficient (Wildman–Crippen LogP) is -4.33. The summed E-state index contributed by atoms with van der Waals surface area (Å²) in [6.45, 7) is 0.123. The molecule has 0 heterocycles. The van der Waals surface area contributed by atoms with Gasteiger partial charge in [-0.1, -0.05) is 0 Å². The van der Waals surface area contributed by atoms with E-state index in [4.69, 9.17) is 16.0 Å². The Balaban J connectivity index is -0.000000405. The fourth-order valence-electron chi connectivity index (χ4n) is 0.574. The maximum atomic E-state index is 10.4. The van der Waals surface area contributed by atoms with Crippen molar-refractivity contribution in [2.24, 2.45) is 11.5 Å². The molecule has 5 N–H and O–H groups in total. The first-order chi connectivity index (χ1) is 4.52. The van der Waals surface area contributed by atoms with Gasteiger partial charge in [0, 0.05) is 6.54 Å². The zero-order valence-corrected chi connectivity index (χ0v) is 9.34. The zero-order valence-electron chi connectivity index (χ0n) is 7.53. The molecule has 1 unspecified atom stereocenters. The SMILES string of the molecule is NCCC(CN)S(=O)(=O)O.[H-].[Na+]. The molecule has 11 heavy (non-hydrogen) atoms. The molecule has 0 aliphatic rings. The summed E-state index contributed by atoms with van der Waals surface area (Å²) < 4.78 is 29.2. The molecule has 0 saturated carbocycles. The Morgan fingerprint density at radius 2 is 1.91 bits per heavy atom. The first-order valence-electron chi connectivity index (χ1n) is 2.88. The Morgan fingerprint density at radius 3 is 2.00 bits per heavy atom. The molecule has 0 aliphatic heterocycles. The number of hydrogen-bond acceptors (Lipinski definition) is 4. The summed E-state index contributed by atoms with van der Waals surface area (Å²) in [5.74, 6) is 0. The van der Waals surface area contributed by atoms with Crippen molar-refractivity contribution in [2.45, 2.75) is 11.7 Å². The van der Waals surface area contributed by atoms with Crippen LogP contribution in [0.15, 0.2) is 0 Å². The van der Waals surface area contributed by atoms with Crippen LogP contribution in [0.25, 0.3) is 0 Å². The third-order valence-corrected chi connectivity index (χ3v) is 2.44. The Hall–Kier alpha value is 0.830. The van der Waals surface area contributed by atoms with Crippen molar-refractivity contribution in [1.29, 1.82) is 0 Å². The van der Waals surface area contributed by atoms with Gasteiger partial charge in [-0.15, -0.1) is 0 Å². The Morgan fingerprint density at radius 1 is 1.45 bits per heavy atom. The molecule has 0 fully saturated rings. The Labute approximate surface area is 90.0 Å². The van der Waals surface area contributed by atoms with E-state index in [0.29, 0.717) is 0 Å². The molecule has 0 aromatic heterocycles. The van der Waals surface area contributed by atoms with Crippen molar-refractivity contribution in [3.05, 3.63) is 0 Å². The molecule has 7 heteroatoms. The van der Waals surface area contributed by atoms with Gasteiger partial charge in [-0.2, -0.15) is 8.42 Å². The van der Waals surface area contributed by atoms with Crippen LogP contribution in [0.3, 0.4) is 0 Å². The third-order valence-electron chi connectivity index (χ3n) is 1.17. The fourth-order valence-corrected chi connectivity index (χ4v) is 1.25. The molecule has 0 aromatic carbocycles. The Bertz CT molecular complexity index is 187. The second-order valence-corrected chi connectivity index (χ2v) is 3.65. The summed E-state index contributed by atoms with van der Waals surface area (Å²) in [6.07, 6.45) is 0.204. The van der Waals surface area contributed by atoms with E-state index in [2.05, 4.69) is 0 Å². The average molecular weight is 192 g/mol. The molecule has 0 rings (SSSR count). The zero-order chi connectivity index (χ0) is 8.20. The number of nitrogens with two attached hydrogens (primary N) is 2. The minimum absolute atomic E-state index is 0. The topological polar surface area (TPSA) is 106 Å². The summed E-state index contributed by atoms with van der Waals surface area (Å²) >= 11 is 0. The summed E-state index contributed by atoms with van der Waals surface area (Å²) in [5, 5.41) is -0.905. The molecular weight excluding hydrogens is 179 g/mol. The largest absolute Gasteiger partial charge is 1.00 e. The van der Waals surface area contributed by atoms with Crippen LogP contribution < -0.4 is 41.0 Å². The molecule has 0 spiro atoms.